The first kappa shape index (κ1) is 22.3. The lowest BCUT2D eigenvalue weighted by molar-refractivity contribution is 0.0679. The van der Waals surface area contributed by atoms with Crippen molar-refractivity contribution >= 4 is 11.9 Å². The van der Waals surface area contributed by atoms with Crippen LogP contribution in [0.4, 0.5) is 0 Å². The molecule has 160 valence electrons. The van der Waals surface area contributed by atoms with E-state index in [4.69, 9.17) is 9.47 Å². The zero-order valence-corrected chi connectivity index (χ0v) is 18.5. The number of aryl methyl sites for hydroxylation is 1. The second-order valence-corrected chi connectivity index (χ2v) is 7.82. The monoisotopic (exact) mass is 416 g/mol. The number of rotatable bonds is 7. The molecular formula is C27H28O4. The van der Waals surface area contributed by atoms with E-state index in [2.05, 4.69) is 26.8 Å². The molecule has 4 heteroatoms. The smallest absolute Gasteiger partial charge is 0.343 e. The van der Waals surface area contributed by atoms with E-state index < -0.39 is 11.9 Å². The fourth-order valence-electron chi connectivity index (χ4n) is 3.55. The highest BCUT2D eigenvalue weighted by molar-refractivity contribution is 5.93. The van der Waals surface area contributed by atoms with Gasteiger partial charge in [0, 0.05) is 0 Å². The second-order valence-electron chi connectivity index (χ2n) is 7.82. The van der Waals surface area contributed by atoms with Gasteiger partial charge in [-0.2, -0.15) is 0 Å². The number of benzene rings is 3. The molecule has 31 heavy (non-hydrogen) atoms. The Morgan fingerprint density at radius 2 is 1.29 bits per heavy atom. The van der Waals surface area contributed by atoms with E-state index in [0.29, 0.717) is 29.0 Å². The highest BCUT2D eigenvalue weighted by atomic mass is 16.6. The van der Waals surface area contributed by atoms with Gasteiger partial charge in [-0.1, -0.05) is 69.7 Å². The summed E-state index contributed by atoms with van der Waals surface area (Å²) in [7, 11) is 0. The summed E-state index contributed by atoms with van der Waals surface area (Å²) in [6, 6.07) is 19.7. The molecule has 0 aliphatic rings. The van der Waals surface area contributed by atoms with Crippen LogP contribution in [0.15, 0.2) is 66.7 Å². The van der Waals surface area contributed by atoms with E-state index in [0.717, 1.165) is 23.1 Å². The molecule has 0 aliphatic heterocycles. The van der Waals surface area contributed by atoms with Crippen LogP contribution in [0.2, 0.25) is 0 Å². The van der Waals surface area contributed by atoms with Gasteiger partial charge in [-0.05, 0) is 60.2 Å². The van der Waals surface area contributed by atoms with Gasteiger partial charge in [0.05, 0.1) is 11.1 Å². The number of carbonyl (C=O) groups excluding carboxylic acids is 2. The van der Waals surface area contributed by atoms with E-state index >= 15 is 0 Å². The third kappa shape index (κ3) is 5.21. The minimum absolute atomic E-state index is 0.226. The molecule has 4 nitrogen and oxygen atoms in total. The number of hydrogen-bond donors (Lipinski definition) is 0. The summed E-state index contributed by atoms with van der Waals surface area (Å²) in [6.07, 6.45) is 1.57. The number of esters is 2. The van der Waals surface area contributed by atoms with Crippen molar-refractivity contribution in [3.8, 4) is 11.5 Å². The number of carbonyl (C=O) groups is 2. The normalized spacial score (nSPS) is 10.7. The van der Waals surface area contributed by atoms with Crippen molar-refractivity contribution in [3.63, 3.8) is 0 Å². The molecule has 0 saturated heterocycles. The van der Waals surface area contributed by atoms with Gasteiger partial charge in [0.2, 0.25) is 0 Å². The van der Waals surface area contributed by atoms with Gasteiger partial charge in [-0.3, -0.25) is 0 Å². The fraction of sp³-hybridized carbons (Fsp3) is 0.259. The average molecular weight is 417 g/mol. The van der Waals surface area contributed by atoms with Crippen LogP contribution >= 0.6 is 0 Å². The SMILES string of the molecule is CCCc1cc(C(C)C)c(C)c(OC(=O)c2ccccc2)c1OC(=O)c1ccccc1. The molecule has 3 aromatic carbocycles. The van der Waals surface area contributed by atoms with Gasteiger partial charge in [-0.15, -0.1) is 0 Å². The summed E-state index contributed by atoms with van der Waals surface area (Å²) in [6.45, 7) is 8.15. The molecule has 0 radical (unpaired) electrons. The quantitative estimate of drug-likeness (QED) is 0.325. The van der Waals surface area contributed by atoms with Crippen molar-refractivity contribution in [3.05, 3.63) is 94.5 Å². The van der Waals surface area contributed by atoms with Crippen LogP contribution in [0.3, 0.4) is 0 Å². The van der Waals surface area contributed by atoms with Crippen LogP contribution in [0, 0.1) is 6.92 Å². The van der Waals surface area contributed by atoms with Crippen LogP contribution in [0.25, 0.3) is 0 Å². The molecule has 3 aromatic rings. The van der Waals surface area contributed by atoms with Crippen molar-refractivity contribution in [2.45, 2.75) is 46.5 Å². The molecule has 0 bridgehead atoms. The summed E-state index contributed by atoms with van der Waals surface area (Å²) in [5, 5.41) is 0. The molecule has 0 atom stereocenters. The van der Waals surface area contributed by atoms with E-state index in [-0.39, 0.29) is 5.92 Å². The van der Waals surface area contributed by atoms with Gasteiger partial charge >= 0.3 is 11.9 Å². The average Bonchev–Trinajstić information content (AvgIpc) is 2.78. The van der Waals surface area contributed by atoms with Crippen LogP contribution in [0.1, 0.15) is 70.5 Å². The first-order valence-corrected chi connectivity index (χ1v) is 10.6. The Balaban J connectivity index is 2.10. The molecule has 0 fully saturated rings. The van der Waals surface area contributed by atoms with Gasteiger partial charge in [0.1, 0.15) is 0 Å². The first-order chi connectivity index (χ1) is 14.9. The molecule has 0 amide bonds. The highest BCUT2D eigenvalue weighted by Crippen LogP contribution is 2.41. The Hall–Kier alpha value is -3.40. The molecule has 0 aliphatic carbocycles. The van der Waals surface area contributed by atoms with Crippen LogP contribution in [0.5, 0.6) is 11.5 Å². The minimum atomic E-state index is -0.482. The van der Waals surface area contributed by atoms with Crippen molar-refractivity contribution < 1.29 is 19.1 Å². The Labute approximate surface area is 183 Å². The summed E-state index contributed by atoms with van der Waals surface area (Å²) in [5.74, 6) is -0.103. The second kappa shape index (κ2) is 10.1. The topological polar surface area (TPSA) is 52.6 Å². The predicted molar refractivity (Wildman–Crippen MR) is 122 cm³/mol. The Kier molecular flexibility index (Phi) is 7.24. The predicted octanol–water partition coefficient (Wildman–Crippen LogP) is 6.51. The molecule has 0 aromatic heterocycles. The molecule has 0 unspecified atom stereocenters. The Bertz CT molecular complexity index is 1050. The van der Waals surface area contributed by atoms with Gasteiger partial charge in [-0.25, -0.2) is 9.59 Å². The maximum Gasteiger partial charge on any atom is 0.343 e. The maximum atomic E-state index is 12.9. The maximum absolute atomic E-state index is 12.9. The highest BCUT2D eigenvalue weighted by Gasteiger charge is 2.24. The van der Waals surface area contributed by atoms with Crippen LogP contribution in [-0.4, -0.2) is 11.9 Å². The van der Waals surface area contributed by atoms with Crippen molar-refractivity contribution in [1.82, 2.24) is 0 Å². The van der Waals surface area contributed by atoms with E-state index in [9.17, 15) is 9.59 Å². The molecular weight excluding hydrogens is 388 g/mol. The lowest BCUT2D eigenvalue weighted by Gasteiger charge is -2.21. The first-order valence-electron chi connectivity index (χ1n) is 10.6. The summed E-state index contributed by atoms with van der Waals surface area (Å²) in [4.78, 5) is 25.7. The fourth-order valence-corrected chi connectivity index (χ4v) is 3.55. The minimum Gasteiger partial charge on any atom is -0.419 e. The van der Waals surface area contributed by atoms with Gasteiger partial charge in [0.15, 0.2) is 11.5 Å². The van der Waals surface area contributed by atoms with E-state index in [1.807, 2.05) is 19.1 Å². The number of hydrogen-bond acceptors (Lipinski definition) is 4. The summed E-state index contributed by atoms with van der Waals surface area (Å²) >= 11 is 0. The van der Waals surface area contributed by atoms with E-state index in [1.165, 1.54) is 0 Å². The molecule has 0 spiro atoms. The van der Waals surface area contributed by atoms with E-state index in [1.54, 1.807) is 48.5 Å². The molecule has 0 heterocycles. The zero-order valence-electron chi connectivity index (χ0n) is 18.5. The molecule has 3 rings (SSSR count). The Morgan fingerprint density at radius 3 is 1.74 bits per heavy atom. The zero-order chi connectivity index (χ0) is 22.4. The summed E-state index contributed by atoms with van der Waals surface area (Å²) in [5.41, 5.74) is 3.61. The standard InChI is InChI=1S/C27H28O4/c1-5-12-22-17-23(18(2)3)19(4)24(30-26(28)20-13-8-6-9-14-20)25(22)31-27(29)21-15-10-7-11-16-21/h6-11,13-18H,5,12H2,1-4H3. The largest absolute Gasteiger partial charge is 0.419 e. The third-order valence-electron chi connectivity index (χ3n) is 5.15. The van der Waals surface area contributed by atoms with Crippen molar-refractivity contribution in [1.29, 1.82) is 0 Å². The Morgan fingerprint density at radius 1 is 0.806 bits per heavy atom. The molecule has 0 saturated carbocycles. The van der Waals surface area contributed by atoms with Crippen molar-refractivity contribution in [2.75, 3.05) is 0 Å². The lowest BCUT2D eigenvalue weighted by atomic mass is 9.92. The third-order valence-corrected chi connectivity index (χ3v) is 5.15. The van der Waals surface area contributed by atoms with Gasteiger partial charge in [0.25, 0.3) is 0 Å². The summed E-state index contributed by atoms with van der Waals surface area (Å²) < 4.78 is 11.7. The van der Waals surface area contributed by atoms with Crippen LogP contribution < -0.4 is 9.47 Å². The van der Waals surface area contributed by atoms with Crippen LogP contribution in [-0.2, 0) is 6.42 Å². The molecule has 0 N–H and O–H groups in total. The van der Waals surface area contributed by atoms with Gasteiger partial charge < -0.3 is 9.47 Å². The lowest BCUT2D eigenvalue weighted by Crippen LogP contribution is -2.16. The van der Waals surface area contributed by atoms with Crippen molar-refractivity contribution in [2.24, 2.45) is 0 Å². The number of ether oxygens (including phenoxy) is 2.